The number of ether oxygens (including phenoxy) is 1. The van der Waals surface area contributed by atoms with Gasteiger partial charge in [0.1, 0.15) is 11.9 Å². The van der Waals surface area contributed by atoms with Gasteiger partial charge in [0.2, 0.25) is 11.8 Å². The van der Waals surface area contributed by atoms with Gasteiger partial charge in [-0.15, -0.1) is 0 Å². The van der Waals surface area contributed by atoms with Crippen LogP contribution in [0.1, 0.15) is 64.4 Å². The Morgan fingerprint density at radius 1 is 1.23 bits per heavy atom. The summed E-state index contributed by atoms with van der Waals surface area (Å²) >= 11 is 0. The molecule has 3 atom stereocenters. The predicted molar refractivity (Wildman–Crippen MR) is 117 cm³/mol. The predicted octanol–water partition coefficient (Wildman–Crippen LogP) is 3.09. The van der Waals surface area contributed by atoms with Crippen LogP contribution >= 0.6 is 0 Å². The molecule has 0 aliphatic heterocycles. The highest BCUT2D eigenvalue weighted by Gasteiger charge is 2.30. The molecule has 0 radical (unpaired) electrons. The van der Waals surface area contributed by atoms with Gasteiger partial charge in [0, 0.05) is 12.3 Å². The summed E-state index contributed by atoms with van der Waals surface area (Å²) in [6, 6.07) is 2.69. The Bertz CT molecular complexity index is 793. The molecule has 1 fully saturated rings. The van der Waals surface area contributed by atoms with Gasteiger partial charge in [-0.1, -0.05) is 39.7 Å². The average Bonchev–Trinajstić information content (AvgIpc) is 2.77. The maximum Gasteiger partial charge on any atom is 0.328 e. The lowest BCUT2D eigenvalue weighted by Gasteiger charge is -2.29. The number of benzene rings is 1. The Morgan fingerprint density at radius 3 is 2.42 bits per heavy atom. The molecule has 1 aromatic rings. The van der Waals surface area contributed by atoms with Gasteiger partial charge >= 0.3 is 5.97 Å². The van der Waals surface area contributed by atoms with Crippen LogP contribution < -0.4 is 16.4 Å². The first-order valence-corrected chi connectivity index (χ1v) is 10.9. The van der Waals surface area contributed by atoms with Gasteiger partial charge in [-0.25, -0.2) is 9.18 Å². The fraction of sp³-hybridized carbons (Fsp3) is 0.609. The van der Waals surface area contributed by atoms with Crippen LogP contribution in [0.3, 0.4) is 0 Å². The zero-order chi connectivity index (χ0) is 23.1. The molecule has 0 bridgehead atoms. The van der Waals surface area contributed by atoms with Gasteiger partial charge in [-0.3, -0.25) is 9.59 Å². The van der Waals surface area contributed by atoms with E-state index >= 15 is 0 Å². The number of carbonyl (C=O) groups excluding carboxylic acids is 3. The largest absolute Gasteiger partial charge is 0.467 e. The summed E-state index contributed by atoms with van der Waals surface area (Å²) in [4.78, 5) is 36.4. The van der Waals surface area contributed by atoms with Crippen LogP contribution in [0.4, 0.5) is 10.1 Å². The van der Waals surface area contributed by atoms with Crippen LogP contribution in [-0.4, -0.2) is 37.0 Å². The second-order valence-electron chi connectivity index (χ2n) is 8.48. The lowest BCUT2D eigenvalue weighted by molar-refractivity contribution is -0.145. The Balaban J connectivity index is 2.09. The molecule has 0 spiro atoms. The molecule has 0 aromatic heterocycles. The SMILES string of the molecule is CCC(=O)N[C@@H](C(=O)OC)[C@@H](C)c1ccc(NC(=O)[C@@H](N)C2CCC(C)CC2)c(F)c1. The van der Waals surface area contributed by atoms with E-state index < -0.39 is 35.7 Å². The number of hydrogen-bond donors (Lipinski definition) is 3. The van der Waals surface area contributed by atoms with Crippen LogP contribution in [0.5, 0.6) is 0 Å². The number of esters is 1. The molecule has 1 aliphatic carbocycles. The molecule has 7 nitrogen and oxygen atoms in total. The van der Waals surface area contributed by atoms with E-state index in [1.165, 1.54) is 19.2 Å². The summed E-state index contributed by atoms with van der Waals surface area (Å²) in [5.74, 6) is -1.74. The fourth-order valence-electron chi connectivity index (χ4n) is 3.97. The minimum absolute atomic E-state index is 0.0350. The van der Waals surface area contributed by atoms with E-state index in [0.29, 0.717) is 11.5 Å². The van der Waals surface area contributed by atoms with Gasteiger partial charge in [0.15, 0.2) is 0 Å². The van der Waals surface area contributed by atoms with Crippen molar-refractivity contribution in [3.05, 3.63) is 29.6 Å². The van der Waals surface area contributed by atoms with Crippen molar-refractivity contribution >= 4 is 23.5 Å². The zero-order valence-corrected chi connectivity index (χ0v) is 18.7. The normalized spacial score (nSPS) is 21.5. The number of anilines is 1. The number of rotatable bonds is 8. The Labute approximate surface area is 183 Å². The minimum Gasteiger partial charge on any atom is -0.467 e. The fourth-order valence-corrected chi connectivity index (χ4v) is 3.97. The summed E-state index contributed by atoms with van der Waals surface area (Å²) in [7, 11) is 1.23. The molecule has 4 N–H and O–H groups in total. The summed E-state index contributed by atoms with van der Waals surface area (Å²) in [5, 5.41) is 5.20. The topological polar surface area (TPSA) is 111 Å². The molecule has 0 heterocycles. The number of methoxy groups -OCH3 is 1. The lowest BCUT2D eigenvalue weighted by atomic mass is 9.79. The molecule has 2 rings (SSSR count). The van der Waals surface area contributed by atoms with Crippen LogP contribution in [0.15, 0.2) is 18.2 Å². The smallest absolute Gasteiger partial charge is 0.328 e. The third-order valence-corrected chi connectivity index (χ3v) is 6.24. The molecule has 0 saturated heterocycles. The van der Waals surface area contributed by atoms with Gasteiger partial charge < -0.3 is 21.1 Å². The number of hydrogen-bond acceptors (Lipinski definition) is 5. The standard InChI is InChI=1S/C23H34FN3O4/c1-5-19(28)27-21(23(30)31-4)14(3)16-10-11-18(17(24)12-16)26-22(29)20(25)15-8-6-13(2)7-9-15/h10-15,20-21H,5-9,25H2,1-4H3,(H,26,29)(H,27,28)/t13?,14-,15?,20-,21+/m0/s1. The molecule has 172 valence electrons. The second kappa shape index (κ2) is 11.2. The third-order valence-electron chi connectivity index (χ3n) is 6.24. The van der Waals surface area contributed by atoms with Crippen LogP contribution in [0.25, 0.3) is 0 Å². The average molecular weight is 436 g/mol. The Kier molecular flexibility index (Phi) is 8.98. The lowest BCUT2D eigenvalue weighted by Crippen LogP contribution is -2.44. The molecule has 1 aromatic carbocycles. The number of nitrogens with two attached hydrogens (primary N) is 1. The molecule has 8 heteroatoms. The maximum atomic E-state index is 14.7. The Morgan fingerprint density at radius 2 is 1.87 bits per heavy atom. The van der Waals surface area contributed by atoms with Crippen molar-refractivity contribution in [3.63, 3.8) is 0 Å². The van der Waals surface area contributed by atoms with Crippen molar-refractivity contribution in [2.75, 3.05) is 12.4 Å². The van der Waals surface area contributed by atoms with Crippen LogP contribution in [0, 0.1) is 17.7 Å². The number of amides is 2. The van der Waals surface area contributed by atoms with Crippen molar-refractivity contribution in [1.82, 2.24) is 5.32 Å². The highest BCUT2D eigenvalue weighted by atomic mass is 19.1. The highest BCUT2D eigenvalue weighted by Crippen LogP contribution is 2.30. The number of halogens is 1. The van der Waals surface area contributed by atoms with E-state index in [0.717, 1.165) is 25.7 Å². The second-order valence-corrected chi connectivity index (χ2v) is 8.48. The Hall–Kier alpha value is -2.48. The summed E-state index contributed by atoms with van der Waals surface area (Å²) in [6.07, 6.45) is 4.09. The monoisotopic (exact) mass is 435 g/mol. The van der Waals surface area contributed by atoms with E-state index in [2.05, 4.69) is 17.6 Å². The summed E-state index contributed by atoms with van der Waals surface area (Å²) in [6.45, 7) is 5.56. The molecule has 1 saturated carbocycles. The molecular formula is C23H34FN3O4. The van der Waals surface area contributed by atoms with Crippen molar-refractivity contribution in [3.8, 4) is 0 Å². The van der Waals surface area contributed by atoms with Crippen molar-refractivity contribution in [2.45, 2.75) is 70.9 Å². The minimum atomic E-state index is -0.945. The molecule has 31 heavy (non-hydrogen) atoms. The third kappa shape index (κ3) is 6.50. The summed E-state index contributed by atoms with van der Waals surface area (Å²) in [5.41, 5.74) is 6.66. The van der Waals surface area contributed by atoms with E-state index in [1.807, 2.05) is 0 Å². The van der Waals surface area contributed by atoms with Crippen molar-refractivity contribution in [2.24, 2.45) is 17.6 Å². The zero-order valence-electron chi connectivity index (χ0n) is 18.7. The van der Waals surface area contributed by atoms with Crippen LogP contribution in [-0.2, 0) is 19.1 Å². The summed E-state index contributed by atoms with van der Waals surface area (Å²) < 4.78 is 19.5. The van der Waals surface area contributed by atoms with E-state index in [-0.39, 0.29) is 23.9 Å². The first-order chi connectivity index (χ1) is 14.7. The molecule has 0 unspecified atom stereocenters. The van der Waals surface area contributed by atoms with E-state index in [9.17, 15) is 18.8 Å². The van der Waals surface area contributed by atoms with Gasteiger partial charge in [0.25, 0.3) is 0 Å². The quantitative estimate of drug-likeness (QED) is 0.544. The number of carbonyl (C=O) groups is 3. The highest BCUT2D eigenvalue weighted by molar-refractivity contribution is 5.95. The van der Waals surface area contributed by atoms with Crippen LogP contribution in [0.2, 0.25) is 0 Å². The van der Waals surface area contributed by atoms with E-state index in [1.54, 1.807) is 19.9 Å². The van der Waals surface area contributed by atoms with Gasteiger partial charge in [-0.05, 0) is 42.4 Å². The molecule has 1 aliphatic rings. The first-order valence-electron chi connectivity index (χ1n) is 10.9. The van der Waals surface area contributed by atoms with Gasteiger partial charge in [0.05, 0.1) is 18.8 Å². The van der Waals surface area contributed by atoms with E-state index in [4.69, 9.17) is 10.5 Å². The molecular weight excluding hydrogens is 401 g/mol. The van der Waals surface area contributed by atoms with Gasteiger partial charge in [-0.2, -0.15) is 0 Å². The number of nitrogens with one attached hydrogen (secondary N) is 2. The maximum absolute atomic E-state index is 14.7. The first kappa shape index (κ1) is 24.8. The van der Waals surface area contributed by atoms with Crippen molar-refractivity contribution in [1.29, 1.82) is 0 Å². The van der Waals surface area contributed by atoms with Crippen molar-refractivity contribution < 1.29 is 23.5 Å². The molecule has 2 amide bonds.